The minimum absolute atomic E-state index is 0.227. The van der Waals surface area contributed by atoms with E-state index < -0.39 is 5.97 Å². The Balaban J connectivity index is 1.80. The number of carbonyl (C=O) groups is 1. The summed E-state index contributed by atoms with van der Waals surface area (Å²) >= 11 is 0. The molecule has 2 heterocycles. The maximum atomic E-state index is 10.9. The molecule has 0 radical (unpaired) electrons. The zero-order chi connectivity index (χ0) is 13.9. The van der Waals surface area contributed by atoms with Gasteiger partial charge in [-0.3, -0.25) is 0 Å². The minimum Gasteiger partial charge on any atom is -0.487 e. The molecule has 1 aromatic carbocycles. The van der Waals surface area contributed by atoms with Crippen molar-refractivity contribution < 1.29 is 14.6 Å². The van der Waals surface area contributed by atoms with Gasteiger partial charge in [0.05, 0.1) is 11.3 Å². The van der Waals surface area contributed by atoms with Crippen molar-refractivity contribution in [2.24, 2.45) is 0 Å². The first-order chi connectivity index (χ1) is 9.72. The highest BCUT2D eigenvalue weighted by atomic mass is 16.5. The molecule has 0 bridgehead atoms. The molecule has 20 heavy (non-hydrogen) atoms. The summed E-state index contributed by atoms with van der Waals surface area (Å²) in [7, 11) is 0. The second kappa shape index (κ2) is 5.05. The maximum absolute atomic E-state index is 10.9. The molecule has 0 spiro atoms. The van der Waals surface area contributed by atoms with E-state index in [1.807, 2.05) is 30.3 Å². The smallest absolute Gasteiger partial charge is 0.337 e. The number of hydrogen-bond donors (Lipinski definition) is 1. The van der Waals surface area contributed by atoms with Gasteiger partial charge in [-0.05, 0) is 24.3 Å². The van der Waals surface area contributed by atoms with Crippen molar-refractivity contribution >= 4 is 11.6 Å². The van der Waals surface area contributed by atoms with Crippen molar-refractivity contribution in [2.75, 3.05) is 0 Å². The monoisotopic (exact) mass is 268 g/mol. The highest BCUT2D eigenvalue weighted by molar-refractivity contribution is 5.87. The van der Waals surface area contributed by atoms with Crippen LogP contribution in [0.5, 0.6) is 5.75 Å². The van der Waals surface area contributed by atoms with Crippen molar-refractivity contribution in [3.05, 3.63) is 66.1 Å². The molecule has 3 aromatic rings. The molecule has 100 valence electrons. The Morgan fingerprint density at radius 1 is 1.15 bits per heavy atom. The second-order valence-corrected chi connectivity index (χ2v) is 4.32. The number of aromatic carboxylic acids is 1. The Labute approximate surface area is 115 Å². The molecule has 0 saturated carbocycles. The number of benzene rings is 1. The minimum atomic E-state index is -0.956. The summed E-state index contributed by atoms with van der Waals surface area (Å²) in [6, 6.07) is 12.7. The van der Waals surface area contributed by atoms with Gasteiger partial charge in [0, 0.05) is 12.4 Å². The maximum Gasteiger partial charge on any atom is 0.337 e. The van der Waals surface area contributed by atoms with Gasteiger partial charge in [-0.15, -0.1) is 0 Å². The summed E-state index contributed by atoms with van der Waals surface area (Å²) in [4.78, 5) is 15.3. The van der Waals surface area contributed by atoms with Crippen LogP contribution in [0.15, 0.2) is 54.9 Å². The molecule has 0 amide bonds. The molecule has 0 aliphatic heterocycles. The first-order valence-corrected chi connectivity index (χ1v) is 6.11. The molecule has 1 N–H and O–H groups in total. The molecule has 0 atom stereocenters. The molecular weight excluding hydrogens is 256 g/mol. The lowest BCUT2D eigenvalue weighted by molar-refractivity contribution is 0.0696. The van der Waals surface area contributed by atoms with Crippen LogP contribution in [-0.2, 0) is 6.61 Å². The van der Waals surface area contributed by atoms with Gasteiger partial charge in [0.25, 0.3) is 0 Å². The molecule has 0 aliphatic rings. The third-order valence-electron chi connectivity index (χ3n) is 2.88. The number of carboxylic acids is 1. The third-order valence-corrected chi connectivity index (χ3v) is 2.88. The number of para-hydroxylation sites is 1. The van der Waals surface area contributed by atoms with Crippen LogP contribution in [0.2, 0.25) is 0 Å². The number of ether oxygens (including phenoxy) is 1. The van der Waals surface area contributed by atoms with Crippen LogP contribution in [0.25, 0.3) is 5.65 Å². The van der Waals surface area contributed by atoms with E-state index in [1.165, 1.54) is 12.3 Å². The number of pyridine rings is 1. The second-order valence-electron chi connectivity index (χ2n) is 4.32. The van der Waals surface area contributed by atoms with Gasteiger partial charge in [0.15, 0.2) is 0 Å². The molecule has 0 unspecified atom stereocenters. The van der Waals surface area contributed by atoms with Crippen LogP contribution in [-0.4, -0.2) is 20.5 Å². The van der Waals surface area contributed by atoms with Crippen molar-refractivity contribution in [1.29, 1.82) is 0 Å². The largest absolute Gasteiger partial charge is 0.487 e. The SMILES string of the molecule is O=C(O)c1ccc2nc(COc3ccccc3)cn2c1. The quantitative estimate of drug-likeness (QED) is 0.790. The fourth-order valence-corrected chi connectivity index (χ4v) is 1.91. The summed E-state index contributed by atoms with van der Waals surface area (Å²) in [5.74, 6) is -0.182. The Kier molecular flexibility index (Phi) is 3.09. The summed E-state index contributed by atoms with van der Waals surface area (Å²) in [6.45, 7) is 0.341. The van der Waals surface area contributed by atoms with E-state index in [2.05, 4.69) is 4.98 Å². The van der Waals surface area contributed by atoms with E-state index >= 15 is 0 Å². The zero-order valence-electron chi connectivity index (χ0n) is 10.6. The van der Waals surface area contributed by atoms with E-state index in [-0.39, 0.29) is 5.56 Å². The Hall–Kier alpha value is -2.82. The average molecular weight is 268 g/mol. The summed E-state index contributed by atoms with van der Waals surface area (Å²) < 4.78 is 7.29. The highest BCUT2D eigenvalue weighted by Crippen LogP contribution is 2.13. The fourth-order valence-electron chi connectivity index (χ4n) is 1.91. The normalized spacial score (nSPS) is 10.6. The average Bonchev–Trinajstić information content (AvgIpc) is 2.88. The number of imidazole rings is 1. The number of rotatable bonds is 4. The first kappa shape index (κ1) is 12.2. The molecule has 0 aliphatic carbocycles. The molecule has 5 heteroatoms. The predicted octanol–water partition coefficient (Wildman–Crippen LogP) is 2.61. The van der Waals surface area contributed by atoms with Crippen LogP contribution in [0.3, 0.4) is 0 Å². The standard InChI is InChI=1S/C15H12N2O3/c18-15(19)11-6-7-14-16-12(9-17(14)8-11)10-20-13-4-2-1-3-5-13/h1-9H,10H2,(H,18,19). The first-order valence-electron chi connectivity index (χ1n) is 6.11. The van der Waals surface area contributed by atoms with E-state index in [1.54, 1.807) is 16.7 Å². The predicted molar refractivity (Wildman–Crippen MR) is 72.9 cm³/mol. The lowest BCUT2D eigenvalue weighted by Crippen LogP contribution is -1.97. The Morgan fingerprint density at radius 3 is 2.70 bits per heavy atom. The Morgan fingerprint density at radius 2 is 1.95 bits per heavy atom. The lowest BCUT2D eigenvalue weighted by atomic mass is 10.3. The third kappa shape index (κ3) is 2.47. The van der Waals surface area contributed by atoms with Crippen LogP contribution in [0.1, 0.15) is 16.1 Å². The van der Waals surface area contributed by atoms with E-state index in [0.717, 1.165) is 11.4 Å². The lowest BCUT2D eigenvalue weighted by Gasteiger charge is -2.02. The van der Waals surface area contributed by atoms with E-state index in [9.17, 15) is 4.79 Å². The topological polar surface area (TPSA) is 63.8 Å². The molecule has 3 rings (SSSR count). The molecule has 0 saturated heterocycles. The summed E-state index contributed by atoms with van der Waals surface area (Å²) in [5.41, 5.74) is 1.67. The Bertz CT molecular complexity index is 750. The van der Waals surface area contributed by atoms with Crippen molar-refractivity contribution in [3.63, 3.8) is 0 Å². The van der Waals surface area contributed by atoms with Gasteiger partial charge >= 0.3 is 5.97 Å². The van der Waals surface area contributed by atoms with Crippen molar-refractivity contribution in [1.82, 2.24) is 9.38 Å². The van der Waals surface area contributed by atoms with Gasteiger partial charge < -0.3 is 14.2 Å². The van der Waals surface area contributed by atoms with E-state index in [0.29, 0.717) is 12.3 Å². The fraction of sp³-hybridized carbons (Fsp3) is 0.0667. The van der Waals surface area contributed by atoms with Gasteiger partial charge in [-0.2, -0.15) is 0 Å². The van der Waals surface area contributed by atoms with Crippen LogP contribution in [0.4, 0.5) is 0 Å². The highest BCUT2D eigenvalue weighted by Gasteiger charge is 2.06. The molecule has 0 fully saturated rings. The number of hydrogen-bond acceptors (Lipinski definition) is 3. The van der Waals surface area contributed by atoms with Crippen molar-refractivity contribution in [2.45, 2.75) is 6.61 Å². The number of aromatic nitrogens is 2. The van der Waals surface area contributed by atoms with Crippen LogP contribution >= 0.6 is 0 Å². The number of fused-ring (bicyclic) bond motifs is 1. The summed E-state index contributed by atoms with van der Waals surface area (Å²) in [6.07, 6.45) is 3.31. The van der Waals surface area contributed by atoms with Crippen LogP contribution in [0, 0.1) is 0 Å². The zero-order valence-corrected chi connectivity index (χ0v) is 10.6. The number of carboxylic acid groups (broad SMARTS) is 1. The molecule has 5 nitrogen and oxygen atoms in total. The number of nitrogens with zero attached hydrogens (tertiary/aromatic N) is 2. The van der Waals surface area contributed by atoms with Gasteiger partial charge in [0.2, 0.25) is 0 Å². The van der Waals surface area contributed by atoms with Gasteiger partial charge in [0.1, 0.15) is 18.0 Å². The van der Waals surface area contributed by atoms with E-state index in [4.69, 9.17) is 9.84 Å². The molecular formula is C15H12N2O3. The summed E-state index contributed by atoms with van der Waals surface area (Å²) in [5, 5.41) is 8.94. The van der Waals surface area contributed by atoms with Crippen LogP contribution < -0.4 is 4.74 Å². The molecule has 2 aromatic heterocycles. The van der Waals surface area contributed by atoms with Crippen molar-refractivity contribution in [3.8, 4) is 5.75 Å². The van der Waals surface area contributed by atoms with Gasteiger partial charge in [-0.25, -0.2) is 9.78 Å². The van der Waals surface area contributed by atoms with Gasteiger partial charge in [-0.1, -0.05) is 18.2 Å².